The maximum atomic E-state index is 10.5. The van der Waals surface area contributed by atoms with Crippen LogP contribution in [0.1, 0.15) is 44.9 Å². The van der Waals surface area contributed by atoms with Crippen LogP contribution in [0, 0.1) is 0 Å². The summed E-state index contributed by atoms with van der Waals surface area (Å²) in [6.07, 6.45) is 10.2. The molecular weight excluding hydrogens is 371 g/mol. The van der Waals surface area contributed by atoms with E-state index in [-0.39, 0.29) is 0 Å². The molecule has 2 heteroatoms. The molecule has 0 heterocycles. The van der Waals surface area contributed by atoms with Crippen molar-refractivity contribution in [3.63, 3.8) is 0 Å². The van der Waals surface area contributed by atoms with Gasteiger partial charge in [-0.05, 0) is 0 Å². The van der Waals surface area contributed by atoms with Crippen molar-refractivity contribution in [2.24, 2.45) is 0 Å². The van der Waals surface area contributed by atoms with E-state index in [1.165, 1.54) is 54.2 Å². The molecule has 0 aromatic heterocycles. The van der Waals surface area contributed by atoms with Crippen molar-refractivity contribution in [2.75, 3.05) is 6.16 Å². The van der Waals surface area contributed by atoms with Gasteiger partial charge in [0.1, 0.15) is 0 Å². The molecule has 0 N–H and O–H groups in total. The van der Waals surface area contributed by atoms with E-state index in [1.54, 1.807) is 0 Å². The molecule has 0 radical (unpaired) electrons. The van der Waals surface area contributed by atoms with Crippen molar-refractivity contribution in [1.82, 2.24) is 0 Å². The Hall–Kier alpha value is -2.24. The van der Waals surface area contributed by atoms with Gasteiger partial charge in [-0.2, -0.15) is 0 Å². The Labute approximate surface area is 176 Å². The van der Waals surface area contributed by atoms with Gasteiger partial charge in [0.2, 0.25) is 0 Å². The molecule has 3 aromatic carbocycles. The molecule has 1 nitrogen and oxygen atoms in total. The second-order valence-corrected chi connectivity index (χ2v) is 11.9. The number of carbonyl (C=O) groups excluding carboxylic acids is 1. The van der Waals surface area contributed by atoms with Crippen LogP contribution in [0.25, 0.3) is 0 Å². The zero-order chi connectivity index (χ0) is 20.2. The molecule has 0 amide bonds. The fourth-order valence-corrected chi connectivity index (χ4v) is 9.36. The fourth-order valence-electron chi connectivity index (χ4n) is 4.43. The van der Waals surface area contributed by atoms with Crippen LogP contribution in [0.15, 0.2) is 91.0 Å². The number of rotatable bonds is 12. The van der Waals surface area contributed by atoms with Crippen LogP contribution in [0.3, 0.4) is 0 Å². The first-order valence-corrected chi connectivity index (χ1v) is 13.2. The van der Waals surface area contributed by atoms with E-state index >= 15 is 0 Å². The summed E-state index contributed by atoms with van der Waals surface area (Å²) in [5, 5.41) is 4.51. The molecule has 29 heavy (non-hydrogen) atoms. The summed E-state index contributed by atoms with van der Waals surface area (Å²) < 4.78 is 0. The molecule has 3 rings (SSSR count). The van der Waals surface area contributed by atoms with Gasteiger partial charge in [-0.25, -0.2) is 0 Å². The van der Waals surface area contributed by atoms with Crippen molar-refractivity contribution in [2.45, 2.75) is 44.9 Å². The molecule has 0 atom stereocenters. The number of hydrogen-bond acceptors (Lipinski definition) is 1. The Kier molecular flexibility index (Phi) is 8.65. The SMILES string of the molecule is O=CCCCCCCCC[PH](c1ccccc1)(c1ccccc1)c1ccccc1. The van der Waals surface area contributed by atoms with E-state index in [0.717, 1.165) is 12.7 Å². The quantitative estimate of drug-likeness (QED) is 0.217. The molecule has 0 bridgehead atoms. The third-order valence-corrected chi connectivity index (χ3v) is 11.0. The van der Waals surface area contributed by atoms with Crippen molar-refractivity contribution in [3.05, 3.63) is 91.0 Å². The third-order valence-electron chi connectivity index (χ3n) is 5.92. The Morgan fingerprint density at radius 2 is 0.897 bits per heavy atom. The monoisotopic (exact) mass is 404 g/mol. The number of hydrogen-bond donors (Lipinski definition) is 0. The van der Waals surface area contributed by atoms with Gasteiger partial charge < -0.3 is 0 Å². The molecule has 0 aliphatic heterocycles. The van der Waals surface area contributed by atoms with Gasteiger partial charge in [0.15, 0.2) is 0 Å². The Balaban J connectivity index is 1.84. The van der Waals surface area contributed by atoms with Gasteiger partial charge in [0.25, 0.3) is 0 Å². The maximum absolute atomic E-state index is 10.5. The summed E-state index contributed by atoms with van der Waals surface area (Å²) in [5.74, 6) is 0. The number of carbonyl (C=O) groups is 1. The summed E-state index contributed by atoms with van der Waals surface area (Å²) in [7, 11) is -2.05. The topological polar surface area (TPSA) is 17.1 Å². The van der Waals surface area contributed by atoms with Crippen LogP contribution in [0.5, 0.6) is 0 Å². The average molecular weight is 405 g/mol. The minimum absolute atomic E-state index is 0.714. The van der Waals surface area contributed by atoms with Crippen LogP contribution in [-0.2, 0) is 4.79 Å². The zero-order valence-electron chi connectivity index (χ0n) is 17.3. The average Bonchev–Trinajstić information content (AvgIpc) is 2.80. The van der Waals surface area contributed by atoms with Crippen molar-refractivity contribution >= 4 is 29.5 Å². The molecule has 0 spiro atoms. The first-order chi connectivity index (χ1) is 14.4. The number of benzene rings is 3. The summed E-state index contributed by atoms with van der Waals surface area (Å²) in [5.41, 5.74) is 0. The van der Waals surface area contributed by atoms with E-state index in [1.807, 2.05) is 0 Å². The molecule has 0 aliphatic rings. The molecule has 0 saturated heterocycles. The van der Waals surface area contributed by atoms with Crippen LogP contribution < -0.4 is 15.9 Å². The van der Waals surface area contributed by atoms with E-state index < -0.39 is 7.26 Å². The van der Waals surface area contributed by atoms with Gasteiger partial charge >= 0.3 is 176 Å². The first kappa shape index (κ1) is 21.5. The van der Waals surface area contributed by atoms with E-state index in [9.17, 15) is 4.79 Å². The summed E-state index contributed by atoms with van der Waals surface area (Å²) in [4.78, 5) is 10.5. The van der Waals surface area contributed by atoms with Gasteiger partial charge in [-0.15, -0.1) is 0 Å². The number of unbranched alkanes of at least 4 members (excludes halogenated alkanes) is 6. The van der Waals surface area contributed by atoms with Gasteiger partial charge in [0, 0.05) is 0 Å². The minimum atomic E-state index is -2.05. The molecule has 0 unspecified atom stereocenters. The Morgan fingerprint density at radius 3 is 1.31 bits per heavy atom. The van der Waals surface area contributed by atoms with Gasteiger partial charge in [-0.1, -0.05) is 0 Å². The summed E-state index contributed by atoms with van der Waals surface area (Å²) in [6, 6.07) is 33.5. The van der Waals surface area contributed by atoms with Gasteiger partial charge in [0.05, 0.1) is 0 Å². The van der Waals surface area contributed by atoms with Crippen LogP contribution in [0.2, 0.25) is 0 Å². The van der Waals surface area contributed by atoms with E-state index in [2.05, 4.69) is 91.0 Å². The van der Waals surface area contributed by atoms with Crippen molar-refractivity contribution in [3.8, 4) is 0 Å². The predicted octanol–water partition coefficient (Wildman–Crippen LogP) is 5.64. The Morgan fingerprint density at radius 1 is 0.517 bits per heavy atom. The zero-order valence-corrected chi connectivity index (χ0v) is 18.3. The van der Waals surface area contributed by atoms with E-state index in [0.29, 0.717) is 6.42 Å². The standard InChI is InChI=1S/C27H33OP/c28-23-15-4-2-1-3-5-16-24-29(25-17-9-6-10-18-25,26-19-11-7-12-20-26)27-21-13-8-14-22-27/h6-14,17-23,29H,1-5,15-16,24H2. The molecule has 0 saturated carbocycles. The molecule has 0 aliphatic carbocycles. The predicted molar refractivity (Wildman–Crippen MR) is 130 cm³/mol. The Bertz CT molecular complexity index is 734. The normalized spacial score (nSPS) is 11.9. The van der Waals surface area contributed by atoms with Crippen LogP contribution >= 0.6 is 7.26 Å². The molecule has 0 fully saturated rings. The number of aldehydes is 1. The second kappa shape index (κ2) is 11.7. The third kappa shape index (κ3) is 5.64. The van der Waals surface area contributed by atoms with Gasteiger partial charge in [-0.3, -0.25) is 0 Å². The second-order valence-electron chi connectivity index (χ2n) is 7.83. The fraction of sp³-hybridized carbons (Fsp3) is 0.296. The summed E-state index contributed by atoms with van der Waals surface area (Å²) in [6.45, 7) is 0. The van der Waals surface area contributed by atoms with E-state index in [4.69, 9.17) is 0 Å². The first-order valence-electron chi connectivity index (χ1n) is 11.0. The van der Waals surface area contributed by atoms with Crippen molar-refractivity contribution < 1.29 is 4.79 Å². The molecular formula is C27H33OP. The molecule has 3 aromatic rings. The molecule has 152 valence electrons. The van der Waals surface area contributed by atoms with Crippen LogP contribution in [0.4, 0.5) is 0 Å². The van der Waals surface area contributed by atoms with Crippen molar-refractivity contribution in [1.29, 1.82) is 0 Å². The van der Waals surface area contributed by atoms with Crippen LogP contribution in [-0.4, -0.2) is 12.4 Å². The summed E-state index contributed by atoms with van der Waals surface area (Å²) >= 11 is 0.